The number of piperidine rings is 1. The largest absolute Gasteiger partial charge is 0.468 e. The maximum absolute atomic E-state index is 12.7. The first-order valence-electron chi connectivity index (χ1n) is 9.66. The van der Waals surface area contributed by atoms with Crippen molar-refractivity contribution in [2.24, 2.45) is 5.92 Å². The van der Waals surface area contributed by atoms with Gasteiger partial charge in [-0.2, -0.15) is 0 Å². The van der Waals surface area contributed by atoms with E-state index in [1.807, 2.05) is 12.1 Å². The topological polar surface area (TPSA) is 58.0 Å². The molecule has 2 atom stereocenters. The summed E-state index contributed by atoms with van der Waals surface area (Å²) in [4.78, 5) is 17.6. The maximum Gasteiger partial charge on any atom is 0.223 e. The zero-order valence-corrected chi connectivity index (χ0v) is 14.9. The summed E-state index contributed by atoms with van der Waals surface area (Å²) in [7, 11) is 0. The molecule has 0 aliphatic carbocycles. The van der Waals surface area contributed by atoms with Crippen LogP contribution < -0.4 is 5.32 Å². The van der Waals surface area contributed by atoms with E-state index >= 15 is 0 Å². The van der Waals surface area contributed by atoms with Crippen LogP contribution in [0.4, 0.5) is 0 Å². The zero-order valence-electron chi connectivity index (χ0n) is 14.9. The van der Waals surface area contributed by atoms with Gasteiger partial charge in [0.1, 0.15) is 5.76 Å². The van der Waals surface area contributed by atoms with Gasteiger partial charge >= 0.3 is 0 Å². The lowest BCUT2D eigenvalue weighted by molar-refractivity contribution is -0.127. The normalized spacial score (nSPS) is 29.3. The average Bonchev–Trinajstić information content (AvgIpc) is 3.38. The van der Waals surface area contributed by atoms with Gasteiger partial charge < -0.3 is 14.5 Å². The number of ether oxygens (including phenoxy) is 1. The number of carbonyl (C=O) groups excluding carboxylic acids is 1. The highest BCUT2D eigenvalue weighted by Crippen LogP contribution is 2.22. The third-order valence-corrected chi connectivity index (χ3v) is 5.91. The Labute approximate surface area is 149 Å². The summed E-state index contributed by atoms with van der Waals surface area (Å²) >= 11 is 0. The fourth-order valence-electron chi connectivity index (χ4n) is 4.39. The van der Waals surface area contributed by atoms with Crippen molar-refractivity contribution in [3.05, 3.63) is 24.2 Å². The molecular formula is C19H29N3O3. The van der Waals surface area contributed by atoms with E-state index < -0.39 is 0 Å². The van der Waals surface area contributed by atoms with E-state index in [0.717, 1.165) is 57.9 Å². The summed E-state index contributed by atoms with van der Waals surface area (Å²) in [6, 6.07) is 4.46. The molecule has 1 N–H and O–H groups in total. The highest BCUT2D eigenvalue weighted by Gasteiger charge is 2.36. The minimum absolute atomic E-state index is 0.132. The minimum atomic E-state index is 0.132. The molecule has 2 unspecified atom stereocenters. The van der Waals surface area contributed by atoms with Crippen molar-refractivity contribution in [1.29, 1.82) is 0 Å². The lowest BCUT2D eigenvalue weighted by Crippen LogP contribution is -2.52. The molecule has 0 aromatic carbocycles. The molecule has 4 rings (SSSR count). The molecule has 4 heterocycles. The van der Waals surface area contributed by atoms with Gasteiger partial charge in [-0.05, 0) is 64.0 Å². The Balaban J connectivity index is 1.24. The number of nitrogens with zero attached hydrogens (tertiary/aromatic N) is 2. The van der Waals surface area contributed by atoms with Gasteiger partial charge in [0.05, 0.1) is 38.1 Å². The summed E-state index contributed by atoms with van der Waals surface area (Å²) in [5.74, 6) is 1.35. The van der Waals surface area contributed by atoms with E-state index in [4.69, 9.17) is 9.15 Å². The van der Waals surface area contributed by atoms with Gasteiger partial charge in [0.25, 0.3) is 0 Å². The summed E-state index contributed by atoms with van der Waals surface area (Å²) in [6.45, 7) is 6.45. The first-order valence-corrected chi connectivity index (χ1v) is 9.66. The second-order valence-corrected chi connectivity index (χ2v) is 7.59. The smallest absolute Gasteiger partial charge is 0.223 e. The van der Waals surface area contributed by atoms with Gasteiger partial charge in [-0.3, -0.25) is 14.6 Å². The Morgan fingerprint density at radius 3 is 2.68 bits per heavy atom. The van der Waals surface area contributed by atoms with E-state index in [1.54, 1.807) is 6.26 Å². The summed E-state index contributed by atoms with van der Waals surface area (Å²) < 4.78 is 11.1. The van der Waals surface area contributed by atoms with E-state index in [-0.39, 0.29) is 17.9 Å². The van der Waals surface area contributed by atoms with Crippen molar-refractivity contribution in [1.82, 2.24) is 15.1 Å². The van der Waals surface area contributed by atoms with Crippen molar-refractivity contribution in [2.75, 3.05) is 39.4 Å². The molecule has 6 nitrogen and oxygen atoms in total. The van der Waals surface area contributed by atoms with Crippen LogP contribution in [0.3, 0.4) is 0 Å². The number of furan rings is 1. The van der Waals surface area contributed by atoms with Gasteiger partial charge in [0.15, 0.2) is 0 Å². The van der Waals surface area contributed by atoms with Crippen LogP contribution >= 0.6 is 0 Å². The molecule has 3 aliphatic heterocycles. The van der Waals surface area contributed by atoms with Crippen molar-refractivity contribution >= 4 is 5.91 Å². The van der Waals surface area contributed by atoms with Crippen LogP contribution in [-0.2, 0) is 16.1 Å². The molecule has 138 valence electrons. The number of hydrogen-bond donors (Lipinski definition) is 1. The quantitative estimate of drug-likeness (QED) is 0.874. The lowest BCUT2D eigenvalue weighted by Gasteiger charge is -2.33. The molecule has 0 spiro atoms. The molecule has 3 fully saturated rings. The van der Waals surface area contributed by atoms with Crippen LogP contribution in [0.5, 0.6) is 0 Å². The molecule has 1 amide bonds. The first-order chi connectivity index (χ1) is 12.3. The fraction of sp³-hybridized carbons (Fsp3) is 0.737. The van der Waals surface area contributed by atoms with Crippen LogP contribution in [0.15, 0.2) is 22.8 Å². The Morgan fingerprint density at radius 2 is 1.96 bits per heavy atom. The number of hydrogen-bond acceptors (Lipinski definition) is 5. The Morgan fingerprint density at radius 1 is 1.16 bits per heavy atom. The Bertz CT molecular complexity index is 548. The van der Waals surface area contributed by atoms with Crippen molar-refractivity contribution in [3.63, 3.8) is 0 Å². The van der Waals surface area contributed by atoms with Gasteiger partial charge in [0.2, 0.25) is 5.91 Å². The molecule has 3 aliphatic rings. The lowest BCUT2D eigenvalue weighted by atomic mass is 9.95. The predicted molar refractivity (Wildman–Crippen MR) is 94.1 cm³/mol. The highest BCUT2D eigenvalue weighted by atomic mass is 16.5. The fourth-order valence-corrected chi connectivity index (χ4v) is 4.39. The van der Waals surface area contributed by atoms with Crippen molar-refractivity contribution < 1.29 is 13.9 Å². The van der Waals surface area contributed by atoms with Crippen molar-refractivity contribution in [2.45, 2.75) is 44.3 Å². The molecule has 0 saturated carbocycles. The Hall–Kier alpha value is -1.37. The highest BCUT2D eigenvalue weighted by molar-refractivity contribution is 5.79. The van der Waals surface area contributed by atoms with Crippen LogP contribution in [-0.4, -0.2) is 67.2 Å². The van der Waals surface area contributed by atoms with Gasteiger partial charge in [-0.15, -0.1) is 0 Å². The Kier molecular flexibility index (Phi) is 5.39. The minimum Gasteiger partial charge on any atom is -0.468 e. The summed E-state index contributed by atoms with van der Waals surface area (Å²) in [6.07, 6.45) is 6.11. The number of likely N-dealkylation sites (tertiary alicyclic amines) is 2. The molecule has 25 heavy (non-hydrogen) atoms. The van der Waals surface area contributed by atoms with Crippen LogP contribution in [0.25, 0.3) is 0 Å². The van der Waals surface area contributed by atoms with Gasteiger partial charge in [-0.1, -0.05) is 0 Å². The summed E-state index contributed by atoms with van der Waals surface area (Å²) in [5, 5.41) is 3.29. The molecule has 0 bridgehead atoms. The third kappa shape index (κ3) is 4.07. The van der Waals surface area contributed by atoms with Gasteiger partial charge in [-0.25, -0.2) is 0 Å². The maximum atomic E-state index is 12.7. The molecule has 1 aromatic rings. The molecule has 3 saturated heterocycles. The summed E-state index contributed by atoms with van der Waals surface area (Å²) in [5.41, 5.74) is 0. The number of carbonyl (C=O) groups is 1. The van der Waals surface area contributed by atoms with Crippen molar-refractivity contribution in [3.8, 4) is 0 Å². The standard InChI is InChI=1S/C19H29N3O3/c23-19(20-17-13-24-14-18(17)22-7-1-2-8-22)15-5-9-21(10-6-15)12-16-4-3-11-25-16/h3-4,11,15,17-18H,1-2,5-10,12-14H2,(H,20,23). The second kappa shape index (κ2) is 7.89. The second-order valence-electron chi connectivity index (χ2n) is 7.59. The zero-order chi connectivity index (χ0) is 17.1. The molecule has 1 aromatic heterocycles. The predicted octanol–water partition coefficient (Wildman–Crippen LogP) is 1.47. The van der Waals surface area contributed by atoms with E-state index in [1.165, 1.54) is 12.8 Å². The number of amides is 1. The monoisotopic (exact) mass is 347 g/mol. The average molecular weight is 347 g/mol. The molecule has 0 radical (unpaired) electrons. The van der Waals surface area contributed by atoms with Gasteiger partial charge in [0, 0.05) is 5.92 Å². The molecule has 6 heteroatoms. The van der Waals surface area contributed by atoms with Crippen LogP contribution in [0.1, 0.15) is 31.4 Å². The van der Waals surface area contributed by atoms with Crippen LogP contribution in [0, 0.1) is 5.92 Å². The van der Waals surface area contributed by atoms with Crippen LogP contribution in [0.2, 0.25) is 0 Å². The number of nitrogens with one attached hydrogen (secondary N) is 1. The van der Waals surface area contributed by atoms with E-state index in [2.05, 4.69) is 15.1 Å². The van der Waals surface area contributed by atoms with E-state index in [0.29, 0.717) is 12.6 Å². The number of rotatable bonds is 5. The van der Waals surface area contributed by atoms with E-state index in [9.17, 15) is 4.79 Å². The SMILES string of the molecule is O=C(NC1COCC1N1CCCC1)C1CCN(Cc2ccco2)CC1. The third-order valence-electron chi connectivity index (χ3n) is 5.91. The molecular weight excluding hydrogens is 318 g/mol. The first kappa shape index (κ1) is 17.1.